The third kappa shape index (κ3) is 5.93. The van der Waals surface area contributed by atoms with Crippen LogP contribution in [0.15, 0.2) is 60.7 Å². The topological polar surface area (TPSA) is 163 Å². The van der Waals surface area contributed by atoms with Gasteiger partial charge >= 0.3 is 6.03 Å². The van der Waals surface area contributed by atoms with Crippen molar-refractivity contribution in [3.8, 4) is 11.5 Å². The van der Waals surface area contributed by atoms with E-state index < -0.39 is 18.2 Å². The van der Waals surface area contributed by atoms with E-state index in [1.165, 1.54) is 16.3 Å². The lowest BCUT2D eigenvalue weighted by molar-refractivity contribution is -0.157. The number of anilines is 2. The SMILES string of the molecule is COc1ccc(CNC(=O)N(C)N2CC(=O)N3C(Cc4ccc5c(c4)NC(=O)CO5)C(=O)N(Cc4cccc5sc(N)nc45)C[C@@H]32)cc1. The zero-order valence-corrected chi connectivity index (χ0v) is 27.2. The lowest BCUT2D eigenvalue weighted by atomic mass is 9.99. The third-order valence-electron chi connectivity index (χ3n) is 8.83. The van der Waals surface area contributed by atoms with E-state index in [1.54, 1.807) is 41.1 Å². The van der Waals surface area contributed by atoms with E-state index in [-0.39, 0.29) is 56.9 Å². The minimum atomic E-state index is -0.866. The smallest absolute Gasteiger partial charge is 0.332 e. The molecule has 3 aliphatic rings. The number of nitrogen functional groups attached to an aromatic ring is 1. The molecular weight excluding hydrogens is 636 g/mol. The molecule has 5 amide bonds. The summed E-state index contributed by atoms with van der Waals surface area (Å²) in [7, 11) is 3.20. The minimum absolute atomic E-state index is 0.0687. The molecule has 4 N–H and O–H groups in total. The van der Waals surface area contributed by atoms with Crippen LogP contribution in [-0.4, -0.2) is 94.6 Å². The van der Waals surface area contributed by atoms with Crippen molar-refractivity contribution in [1.82, 2.24) is 30.1 Å². The van der Waals surface area contributed by atoms with Crippen molar-refractivity contribution in [2.45, 2.75) is 31.7 Å². The summed E-state index contributed by atoms with van der Waals surface area (Å²) in [4.78, 5) is 61.2. The quantitative estimate of drug-likeness (QED) is 0.256. The number of hydrazine groups is 1. The van der Waals surface area contributed by atoms with Crippen LogP contribution >= 0.6 is 11.3 Å². The second-order valence-electron chi connectivity index (χ2n) is 11.8. The number of ether oxygens (including phenoxy) is 2. The molecule has 248 valence electrons. The fourth-order valence-corrected chi connectivity index (χ4v) is 7.22. The summed E-state index contributed by atoms with van der Waals surface area (Å²) in [5, 5.41) is 9.26. The second kappa shape index (κ2) is 12.7. The highest BCUT2D eigenvalue weighted by atomic mass is 32.1. The number of rotatable bonds is 8. The van der Waals surface area contributed by atoms with Gasteiger partial charge in [-0.3, -0.25) is 19.4 Å². The number of carbonyl (C=O) groups excluding carboxylic acids is 4. The summed E-state index contributed by atoms with van der Waals surface area (Å²) in [5.41, 5.74) is 9.71. The molecular formula is C33H34N8O6S. The number of methoxy groups -OCH3 is 1. The summed E-state index contributed by atoms with van der Waals surface area (Å²) in [6, 6.07) is 17.2. The number of benzene rings is 3. The zero-order chi connectivity index (χ0) is 33.5. The van der Waals surface area contributed by atoms with Crippen molar-refractivity contribution in [1.29, 1.82) is 0 Å². The molecule has 2 atom stereocenters. The molecule has 14 nitrogen and oxygen atoms in total. The number of nitrogens with one attached hydrogen (secondary N) is 2. The highest BCUT2D eigenvalue weighted by molar-refractivity contribution is 7.22. The number of carbonyl (C=O) groups is 4. The van der Waals surface area contributed by atoms with Gasteiger partial charge < -0.3 is 35.6 Å². The summed E-state index contributed by atoms with van der Waals surface area (Å²) in [5.74, 6) is 0.485. The molecule has 4 aromatic rings. The Hall–Kier alpha value is -5.41. The number of thiazole rings is 1. The van der Waals surface area contributed by atoms with Gasteiger partial charge in [0.25, 0.3) is 5.91 Å². The van der Waals surface area contributed by atoms with Crippen molar-refractivity contribution in [2.75, 3.05) is 44.9 Å². The van der Waals surface area contributed by atoms with Crippen molar-refractivity contribution in [3.63, 3.8) is 0 Å². The number of nitrogens with two attached hydrogens (primary N) is 1. The van der Waals surface area contributed by atoms with E-state index >= 15 is 0 Å². The molecule has 4 heterocycles. The standard InChI is InChI=1S/C33H34N8O6S/c1-38(33(45)35-14-19-6-9-22(46-2)10-7-19)40-17-29(43)41-24(13-20-8-11-25-23(12-20)36-27(42)18-47-25)31(44)39(16-28(40)41)15-21-4-3-5-26-30(21)37-32(34)48-26/h3-12,24,28H,13-18H2,1-2H3,(H2,34,37)(H,35,45)(H,36,42)/t24?,28-/m1/s1. The van der Waals surface area contributed by atoms with Crippen molar-refractivity contribution in [3.05, 3.63) is 77.4 Å². The van der Waals surface area contributed by atoms with Gasteiger partial charge in [-0.25, -0.2) is 9.78 Å². The molecule has 0 saturated carbocycles. The maximum Gasteiger partial charge on any atom is 0.332 e. The van der Waals surface area contributed by atoms with Gasteiger partial charge in [0.05, 0.1) is 36.1 Å². The van der Waals surface area contributed by atoms with Gasteiger partial charge in [-0.1, -0.05) is 41.7 Å². The van der Waals surface area contributed by atoms with E-state index in [1.807, 2.05) is 48.5 Å². The van der Waals surface area contributed by atoms with Crippen LogP contribution in [0.25, 0.3) is 10.2 Å². The van der Waals surface area contributed by atoms with Crippen LogP contribution < -0.4 is 25.8 Å². The van der Waals surface area contributed by atoms with Gasteiger partial charge in [0.1, 0.15) is 23.7 Å². The van der Waals surface area contributed by atoms with Crippen LogP contribution in [0.2, 0.25) is 0 Å². The molecule has 0 aliphatic carbocycles. The van der Waals surface area contributed by atoms with E-state index in [2.05, 4.69) is 15.6 Å². The van der Waals surface area contributed by atoms with Crippen LogP contribution in [0, 0.1) is 0 Å². The Balaban J connectivity index is 1.16. The maximum atomic E-state index is 14.3. The number of piperazine rings is 1. The molecule has 1 aromatic heterocycles. The highest BCUT2D eigenvalue weighted by Gasteiger charge is 2.51. The van der Waals surface area contributed by atoms with E-state index in [4.69, 9.17) is 15.2 Å². The van der Waals surface area contributed by atoms with Crippen LogP contribution in [-0.2, 0) is 33.9 Å². The van der Waals surface area contributed by atoms with Gasteiger partial charge in [0, 0.05) is 26.6 Å². The Morgan fingerprint density at radius 2 is 1.94 bits per heavy atom. The minimum Gasteiger partial charge on any atom is -0.497 e. The molecule has 0 bridgehead atoms. The molecule has 0 radical (unpaired) electrons. The first kappa shape index (κ1) is 31.2. The van der Waals surface area contributed by atoms with Gasteiger partial charge in [-0.05, 0) is 47.0 Å². The Labute approximate surface area is 280 Å². The lowest BCUT2D eigenvalue weighted by Gasteiger charge is -2.45. The highest BCUT2D eigenvalue weighted by Crippen LogP contribution is 2.34. The van der Waals surface area contributed by atoms with Crippen LogP contribution in [0.1, 0.15) is 16.7 Å². The normalized spacial score (nSPS) is 19.1. The molecule has 2 saturated heterocycles. The predicted octanol–water partition coefficient (Wildman–Crippen LogP) is 2.40. The Morgan fingerprint density at radius 3 is 2.73 bits per heavy atom. The number of fused-ring (bicyclic) bond motifs is 3. The molecule has 48 heavy (non-hydrogen) atoms. The van der Waals surface area contributed by atoms with Gasteiger partial charge in [-0.2, -0.15) is 5.01 Å². The number of hydrogen-bond acceptors (Lipinski definition) is 10. The van der Waals surface area contributed by atoms with E-state index in [0.717, 1.165) is 26.9 Å². The summed E-state index contributed by atoms with van der Waals surface area (Å²) < 4.78 is 11.6. The predicted molar refractivity (Wildman–Crippen MR) is 178 cm³/mol. The average molecular weight is 671 g/mol. The van der Waals surface area contributed by atoms with Crippen LogP contribution in [0.3, 0.4) is 0 Å². The van der Waals surface area contributed by atoms with Crippen LogP contribution in [0.5, 0.6) is 11.5 Å². The van der Waals surface area contributed by atoms with Crippen molar-refractivity contribution < 1.29 is 28.7 Å². The van der Waals surface area contributed by atoms with Gasteiger partial charge in [0.2, 0.25) is 11.8 Å². The monoisotopic (exact) mass is 670 g/mol. The van der Waals surface area contributed by atoms with Crippen LogP contribution in [0.4, 0.5) is 15.6 Å². The average Bonchev–Trinajstić information content (AvgIpc) is 3.64. The fourth-order valence-electron chi connectivity index (χ4n) is 6.44. The van der Waals surface area contributed by atoms with E-state index in [0.29, 0.717) is 22.3 Å². The lowest BCUT2D eigenvalue weighted by Crippen LogP contribution is -2.65. The van der Waals surface area contributed by atoms with Crippen molar-refractivity contribution in [2.24, 2.45) is 0 Å². The second-order valence-corrected chi connectivity index (χ2v) is 12.9. The first-order valence-electron chi connectivity index (χ1n) is 15.4. The first-order valence-corrected chi connectivity index (χ1v) is 16.2. The molecule has 2 fully saturated rings. The van der Waals surface area contributed by atoms with E-state index in [9.17, 15) is 19.2 Å². The first-order chi connectivity index (χ1) is 23.2. The number of aromatic nitrogens is 1. The number of nitrogens with zero attached hydrogens (tertiary/aromatic N) is 5. The molecule has 1 unspecified atom stereocenters. The van der Waals surface area contributed by atoms with Gasteiger partial charge in [-0.15, -0.1) is 0 Å². The largest absolute Gasteiger partial charge is 0.497 e. The molecule has 3 aromatic carbocycles. The zero-order valence-electron chi connectivity index (χ0n) is 26.3. The fraction of sp³-hybridized carbons (Fsp3) is 0.303. The van der Waals surface area contributed by atoms with Crippen molar-refractivity contribution >= 4 is 56.1 Å². The van der Waals surface area contributed by atoms with Gasteiger partial charge in [0.15, 0.2) is 11.7 Å². The summed E-state index contributed by atoms with van der Waals surface area (Å²) in [6.45, 7) is 0.530. The number of hydrogen-bond donors (Lipinski definition) is 3. The maximum absolute atomic E-state index is 14.3. The molecule has 7 rings (SSSR count). The summed E-state index contributed by atoms with van der Waals surface area (Å²) >= 11 is 1.38. The Bertz CT molecular complexity index is 1920. The summed E-state index contributed by atoms with van der Waals surface area (Å²) in [6.07, 6.45) is -0.423. The Morgan fingerprint density at radius 1 is 1.15 bits per heavy atom. The molecule has 15 heteroatoms. The molecule has 0 spiro atoms. The number of para-hydroxylation sites is 1. The number of amides is 5. The number of urea groups is 1. The Kier molecular flexibility index (Phi) is 8.23. The molecule has 3 aliphatic heterocycles. The third-order valence-corrected chi connectivity index (χ3v) is 9.68.